The van der Waals surface area contributed by atoms with Gasteiger partial charge in [0.15, 0.2) is 5.52 Å². The van der Waals surface area contributed by atoms with Crippen LogP contribution in [0.1, 0.15) is 33.0 Å². The molecule has 1 aliphatic heterocycles. The quantitative estimate of drug-likeness (QED) is 0.477. The van der Waals surface area contributed by atoms with Gasteiger partial charge in [-0.15, -0.1) is 0 Å². The van der Waals surface area contributed by atoms with Gasteiger partial charge >= 0.3 is 6.09 Å². The number of aromatic nitrogens is 3. The molecule has 0 radical (unpaired) electrons. The SMILES string of the molecule is CC(C)(C)OC(=O)N1CCC(Cc2nc3c[n+]([O-])c4cc(Br)ccc4c3[nH]2)C1. The maximum Gasteiger partial charge on any atom is 0.410 e. The number of likely N-dealkylation sites (tertiary alicyclic amines) is 1. The first kappa shape index (κ1) is 19.0. The Bertz CT molecular complexity index is 1060. The number of pyridine rings is 1. The number of rotatable bonds is 2. The molecule has 0 aliphatic carbocycles. The zero-order valence-corrected chi connectivity index (χ0v) is 17.7. The summed E-state index contributed by atoms with van der Waals surface area (Å²) in [7, 11) is 0. The molecule has 3 heterocycles. The highest BCUT2D eigenvalue weighted by Gasteiger charge is 2.30. The lowest BCUT2D eigenvalue weighted by molar-refractivity contribution is -0.575. The third kappa shape index (κ3) is 3.78. The van der Waals surface area contributed by atoms with Gasteiger partial charge in [0.2, 0.25) is 11.7 Å². The van der Waals surface area contributed by atoms with E-state index in [0.717, 1.165) is 38.8 Å². The number of amides is 1. The van der Waals surface area contributed by atoms with Crippen LogP contribution < -0.4 is 4.73 Å². The lowest BCUT2D eigenvalue weighted by atomic mass is 10.1. The van der Waals surface area contributed by atoms with Crippen molar-refractivity contribution in [2.75, 3.05) is 13.1 Å². The number of ether oxygens (including phenoxy) is 1. The molecule has 0 spiro atoms. The van der Waals surface area contributed by atoms with Crippen LogP contribution in [-0.4, -0.2) is 39.7 Å². The summed E-state index contributed by atoms with van der Waals surface area (Å²) in [5.41, 5.74) is 1.62. The number of nitrogens with zero attached hydrogens (tertiary/aromatic N) is 3. The Balaban J connectivity index is 1.53. The van der Waals surface area contributed by atoms with E-state index in [9.17, 15) is 10.0 Å². The highest BCUT2D eigenvalue weighted by atomic mass is 79.9. The molecule has 1 amide bonds. The van der Waals surface area contributed by atoms with Gasteiger partial charge in [-0.2, -0.15) is 4.73 Å². The van der Waals surface area contributed by atoms with Crippen molar-refractivity contribution in [3.8, 4) is 0 Å². The first-order valence-electron chi connectivity index (χ1n) is 9.37. The summed E-state index contributed by atoms with van der Waals surface area (Å²) in [6.45, 7) is 6.96. The summed E-state index contributed by atoms with van der Waals surface area (Å²) in [6, 6.07) is 5.63. The van der Waals surface area contributed by atoms with E-state index in [2.05, 4.69) is 25.9 Å². The molecule has 148 valence electrons. The van der Waals surface area contributed by atoms with Gasteiger partial charge in [0.25, 0.3) is 0 Å². The number of carbonyl (C=O) groups is 1. The average molecular weight is 447 g/mol. The minimum Gasteiger partial charge on any atom is -0.618 e. The monoisotopic (exact) mass is 446 g/mol. The van der Waals surface area contributed by atoms with Crippen LogP contribution in [0.15, 0.2) is 28.9 Å². The summed E-state index contributed by atoms with van der Waals surface area (Å²) < 4.78 is 7.17. The number of nitrogens with one attached hydrogen (secondary N) is 1. The van der Waals surface area contributed by atoms with E-state index in [0.29, 0.717) is 30.0 Å². The van der Waals surface area contributed by atoms with Gasteiger partial charge in [0, 0.05) is 30.0 Å². The molecule has 1 aromatic carbocycles. The summed E-state index contributed by atoms with van der Waals surface area (Å²) in [4.78, 5) is 22.0. The average Bonchev–Trinajstić information content (AvgIpc) is 3.21. The number of halogens is 1. The Hall–Kier alpha value is -2.35. The van der Waals surface area contributed by atoms with Crippen LogP contribution in [0, 0.1) is 11.1 Å². The van der Waals surface area contributed by atoms with Crippen molar-refractivity contribution in [3.63, 3.8) is 0 Å². The van der Waals surface area contributed by atoms with E-state index < -0.39 is 5.60 Å². The normalized spacial score (nSPS) is 17.6. The van der Waals surface area contributed by atoms with Crippen LogP contribution >= 0.6 is 15.9 Å². The topological polar surface area (TPSA) is 85.2 Å². The summed E-state index contributed by atoms with van der Waals surface area (Å²) >= 11 is 3.41. The second-order valence-corrected chi connectivity index (χ2v) is 9.26. The molecule has 1 saturated heterocycles. The molecule has 3 aromatic rings. The Morgan fingerprint density at radius 3 is 3.00 bits per heavy atom. The summed E-state index contributed by atoms with van der Waals surface area (Å²) in [5, 5.41) is 13.2. The number of hydrogen-bond donors (Lipinski definition) is 1. The fraction of sp³-hybridized carbons (Fsp3) is 0.450. The van der Waals surface area contributed by atoms with Gasteiger partial charge in [-0.1, -0.05) is 15.9 Å². The molecule has 7 nitrogen and oxygen atoms in total. The zero-order valence-electron chi connectivity index (χ0n) is 16.2. The third-order valence-electron chi connectivity index (χ3n) is 4.91. The molecule has 0 bridgehead atoms. The van der Waals surface area contributed by atoms with E-state index in [4.69, 9.17) is 4.74 Å². The van der Waals surface area contributed by atoms with Gasteiger partial charge in [0.1, 0.15) is 11.4 Å². The van der Waals surface area contributed by atoms with E-state index in [1.165, 1.54) is 6.20 Å². The summed E-state index contributed by atoms with van der Waals surface area (Å²) in [6.07, 6.45) is 2.88. The van der Waals surface area contributed by atoms with Gasteiger partial charge in [-0.25, -0.2) is 9.78 Å². The molecule has 1 fully saturated rings. The highest BCUT2D eigenvalue weighted by Crippen LogP contribution is 2.26. The number of hydrogen-bond acceptors (Lipinski definition) is 4. The first-order valence-corrected chi connectivity index (χ1v) is 10.2. The molecule has 4 rings (SSSR count). The molecule has 1 aliphatic rings. The van der Waals surface area contributed by atoms with Crippen molar-refractivity contribution in [2.45, 2.75) is 39.2 Å². The number of fused-ring (bicyclic) bond motifs is 3. The number of H-pyrrole nitrogens is 1. The highest BCUT2D eigenvalue weighted by molar-refractivity contribution is 9.10. The van der Waals surface area contributed by atoms with Crippen LogP contribution in [0.3, 0.4) is 0 Å². The minimum atomic E-state index is -0.488. The van der Waals surface area contributed by atoms with Gasteiger partial charge in [-0.3, -0.25) is 0 Å². The lowest BCUT2D eigenvalue weighted by Gasteiger charge is -2.24. The van der Waals surface area contributed by atoms with E-state index in [1.807, 2.05) is 32.9 Å². The number of carbonyl (C=O) groups excluding carboxylic acids is 1. The maximum absolute atomic E-state index is 12.3. The Morgan fingerprint density at radius 1 is 1.46 bits per heavy atom. The van der Waals surface area contributed by atoms with Crippen molar-refractivity contribution >= 4 is 44.0 Å². The van der Waals surface area contributed by atoms with Crippen LogP contribution in [0.5, 0.6) is 0 Å². The molecule has 2 aromatic heterocycles. The van der Waals surface area contributed by atoms with Crippen molar-refractivity contribution in [3.05, 3.63) is 39.9 Å². The summed E-state index contributed by atoms with van der Waals surface area (Å²) in [5.74, 6) is 1.15. The van der Waals surface area contributed by atoms with Crippen LogP contribution in [-0.2, 0) is 11.2 Å². The Labute approximate surface area is 171 Å². The number of aromatic amines is 1. The molecule has 1 atom stereocenters. The largest absolute Gasteiger partial charge is 0.618 e. The first-order chi connectivity index (χ1) is 13.2. The fourth-order valence-corrected chi connectivity index (χ4v) is 4.03. The Kier molecular flexibility index (Phi) is 4.69. The number of benzene rings is 1. The molecule has 8 heteroatoms. The third-order valence-corrected chi connectivity index (χ3v) is 5.40. The molecular formula is C20H23BrN4O3. The van der Waals surface area contributed by atoms with E-state index >= 15 is 0 Å². The van der Waals surface area contributed by atoms with Crippen LogP contribution in [0.2, 0.25) is 0 Å². The molecule has 1 unspecified atom stereocenters. The van der Waals surface area contributed by atoms with Gasteiger partial charge < -0.3 is 19.8 Å². The fourth-order valence-electron chi connectivity index (χ4n) is 3.68. The molecule has 0 saturated carbocycles. The smallest absolute Gasteiger partial charge is 0.410 e. The molecule has 1 N–H and O–H groups in total. The van der Waals surface area contributed by atoms with Crippen LogP contribution in [0.25, 0.3) is 21.9 Å². The minimum absolute atomic E-state index is 0.261. The lowest BCUT2D eigenvalue weighted by Crippen LogP contribution is -2.35. The number of imidazole rings is 1. The predicted octanol–water partition coefficient (Wildman–Crippen LogP) is 3.91. The zero-order chi connectivity index (χ0) is 20.1. The van der Waals surface area contributed by atoms with Gasteiger partial charge in [0.05, 0.1) is 10.9 Å². The van der Waals surface area contributed by atoms with Gasteiger partial charge in [-0.05, 0) is 45.2 Å². The predicted molar refractivity (Wildman–Crippen MR) is 110 cm³/mol. The van der Waals surface area contributed by atoms with E-state index in [1.54, 1.807) is 11.0 Å². The van der Waals surface area contributed by atoms with E-state index in [-0.39, 0.29) is 6.09 Å². The van der Waals surface area contributed by atoms with Crippen molar-refractivity contribution < 1.29 is 14.3 Å². The van der Waals surface area contributed by atoms with Crippen molar-refractivity contribution in [2.24, 2.45) is 5.92 Å². The Morgan fingerprint density at radius 2 is 2.25 bits per heavy atom. The van der Waals surface area contributed by atoms with Crippen molar-refractivity contribution in [1.82, 2.24) is 14.9 Å². The second kappa shape index (κ2) is 6.92. The van der Waals surface area contributed by atoms with Crippen molar-refractivity contribution in [1.29, 1.82) is 0 Å². The second-order valence-electron chi connectivity index (χ2n) is 8.35. The molecule has 28 heavy (non-hydrogen) atoms. The standard InChI is InChI=1S/C20H23BrN4O3/c1-20(2,3)28-19(26)24-7-6-12(10-24)8-17-22-15-11-25(27)16-9-13(21)4-5-14(16)18(15)23-17/h4-5,9,11-12H,6-8,10H2,1-3H3,(H,22,23). The van der Waals surface area contributed by atoms with Crippen LogP contribution in [0.4, 0.5) is 4.79 Å². The molecular weight excluding hydrogens is 424 g/mol. The maximum atomic E-state index is 12.3.